The Morgan fingerprint density at radius 3 is 2.44 bits per heavy atom. The van der Waals surface area contributed by atoms with Crippen LogP contribution in [-0.4, -0.2) is 31.8 Å². The van der Waals surface area contributed by atoms with Gasteiger partial charge in [0, 0.05) is 18.8 Å². The van der Waals surface area contributed by atoms with Crippen LogP contribution >= 0.6 is 11.6 Å². The lowest BCUT2D eigenvalue weighted by molar-refractivity contribution is -0.119. The molecule has 2 rings (SSSR count). The summed E-state index contributed by atoms with van der Waals surface area (Å²) in [7, 11) is 0. The molecule has 1 amide bonds. The SMILES string of the molecule is CCN(CC)c1ccc(C=NNC(=O)CNc2ccccc2Cl)cc1. The van der Waals surface area contributed by atoms with E-state index in [0.717, 1.165) is 24.3 Å². The number of hydrogen-bond donors (Lipinski definition) is 2. The van der Waals surface area contributed by atoms with E-state index in [1.807, 2.05) is 30.3 Å². The van der Waals surface area contributed by atoms with Crippen LogP contribution in [0.15, 0.2) is 53.6 Å². The van der Waals surface area contributed by atoms with E-state index in [0.29, 0.717) is 5.02 Å². The molecule has 0 aromatic heterocycles. The fourth-order valence-corrected chi connectivity index (χ4v) is 2.56. The molecule has 0 bridgehead atoms. The van der Waals surface area contributed by atoms with Crippen molar-refractivity contribution in [2.45, 2.75) is 13.8 Å². The number of para-hydroxylation sites is 1. The minimum atomic E-state index is -0.240. The predicted molar refractivity (Wildman–Crippen MR) is 106 cm³/mol. The normalized spacial score (nSPS) is 10.7. The van der Waals surface area contributed by atoms with Gasteiger partial charge < -0.3 is 10.2 Å². The average molecular weight is 359 g/mol. The van der Waals surface area contributed by atoms with E-state index in [1.165, 1.54) is 5.69 Å². The first-order chi connectivity index (χ1) is 12.1. The van der Waals surface area contributed by atoms with E-state index in [1.54, 1.807) is 12.3 Å². The summed E-state index contributed by atoms with van der Waals surface area (Å²) in [6.45, 7) is 6.30. The summed E-state index contributed by atoms with van der Waals surface area (Å²) < 4.78 is 0. The second kappa shape index (κ2) is 9.69. The maximum atomic E-state index is 11.8. The summed E-state index contributed by atoms with van der Waals surface area (Å²) in [5, 5.41) is 7.53. The highest BCUT2D eigenvalue weighted by molar-refractivity contribution is 6.33. The molecule has 2 N–H and O–H groups in total. The Morgan fingerprint density at radius 2 is 1.80 bits per heavy atom. The van der Waals surface area contributed by atoms with Crippen molar-refractivity contribution in [3.63, 3.8) is 0 Å². The Kier molecular flexibility index (Phi) is 7.29. The van der Waals surface area contributed by atoms with Gasteiger partial charge in [0.2, 0.25) is 0 Å². The standard InChI is InChI=1S/C19H23ClN4O/c1-3-24(4-2)16-11-9-15(10-12-16)13-22-23-19(25)14-21-18-8-6-5-7-17(18)20/h5-13,21H,3-4,14H2,1-2H3,(H,23,25). The molecule has 0 atom stereocenters. The van der Waals surface area contributed by atoms with Crippen LogP contribution in [0.4, 0.5) is 11.4 Å². The third-order valence-corrected chi connectivity index (χ3v) is 4.07. The second-order valence-electron chi connectivity index (χ2n) is 5.39. The number of halogens is 1. The van der Waals surface area contributed by atoms with Crippen molar-refractivity contribution >= 4 is 35.1 Å². The number of benzene rings is 2. The number of carbonyl (C=O) groups excluding carboxylic acids is 1. The minimum absolute atomic E-state index is 0.0992. The maximum Gasteiger partial charge on any atom is 0.259 e. The highest BCUT2D eigenvalue weighted by atomic mass is 35.5. The van der Waals surface area contributed by atoms with E-state index in [4.69, 9.17) is 11.6 Å². The lowest BCUT2D eigenvalue weighted by Crippen LogP contribution is -2.26. The third kappa shape index (κ3) is 5.80. The number of hydrazone groups is 1. The first-order valence-corrected chi connectivity index (χ1v) is 8.67. The summed E-state index contributed by atoms with van der Waals surface area (Å²) in [6.07, 6.45) is 1.62. The van der Waals surface area contributed by atoms with Gasteiger partial charge in [-0.2, -0.15) is 5.10 Å². The van der Waals surface area contributed by atoms with Crippen molar-refractivity contribution in [3.05, 3.63) is 59.1 Å². The molecule has 2 aromatic rings. The fourth-order valence-electron chi connectivity index (χ4n) is 2.36. The zero-order valence-electron chi connectivity index (χ0n) is 14.5. The molecule has 25 heavy (non-hydrogen) atoms. The van der Waals surface area contributed by atoms with Crippen molar-refractivity contribution < 1.29 is 4.79 Å². The monoisotopic (exact) mass is 358 g/mol. The van der Waals surface area contributed by atoms with E-state index >= 15 is 0 Å². The Bertz CT molecular complexity index is 712. The summed E-state index contributed by atoms with van der Waals surface area (Å²) in [4.78, 5) is 14.1. The molecule has 132 valence electrons. The summed E-state index contributed by atoms with van der Waals surface area (Å²) in [5.41, 5.74) is 5.32. The van der Waals surface area contributed by atoms with Gasteiger partial charge in [0.1, 0.15) is 0 Å². The molecule has 0 radical (unpaired) electrons. The van der Waals surface area contributed by atoms with Crippen LogP contribution in [0.1, 0.15) is 19.4 Å². The minimum Gasteiger partial charge on any atom is -0.375 e. The maximum absolute atomic E-state index is 11.8. The number of nitrogens with zero attached hydrogens (tertiary/aromatic N) is 2. The van der Waals surface area contributed by atoms with Gasteiger partial charge in [-0.15, -0.1) is 0 Å². The van der Waals surface area contributed by atoms with Crippen LogP contribution in [0.25, 0.3) is 0 Å². The molecule has 0 aliphatic rings. The van der Waals surface area contributed by atoms with Crippen LogP contribution in [-0.2, 0) is 4.79 Å². The Labute approximate surface area is 153 Å². The van der Waals surface area contributed by atoms with Crippen LogP contribution in [0.3, 0.4) is 0 Å². The van der Waals surface area contributed by atoms with Gasteiger partial charge in [-0.1, -0.05) is 35.9 Å². The topological polar surface area (TPSA) is 56.7 Å². The molecular formula is C19H23ClN4O. The molecule has 0 saturated carbocycles. The third-order valence-electron chi connectivity index (χ3n) is 3.74. The molecule has 0 aliphatic carbocycles. The molecule has 0 spiro atoms. The van der Waals surface area contributed by atoms with E-state index in [2.05, 4.69) is 46.7 Å². The van der Waals surface area contributed by atoms with Gasteiger partial charge >= 0.3 is 0 Å². The van der Waals surface area contributed by atoms with E-state index in [-0.39, 0.29) is 12.5 Å². The van der Waals surface area contributed by atoms with Crippen molar-refractivity contribution in [3.8, 4) is 0 Å². The summed E-state index contributed by atoms with van der Waals surface area (Å²) in [5.74, 6) is -0.240. The van der Waals surface area contributed by atoms with Gasteiger partial charge in [-0.05, 0) is 43.7 Å². The smallest absolute Gasteiger partial charge is 0.259 e. The fraction of sp³-hybridized carbons (Fsp3) is 0.263. The van der Waals surface area contributed by atoms with Crippen LogP contribution in [0.2, 0.25) is 5.02 Å². The lowest BCUT2D eigenvalue weighted by Gasteiger charge is -2.20. The molecule has 0 aliphatic heterocycles. The lowest BCUT2D eigenvalue weighted by atomic mass is 10.2. The zero-order valence-corrected chi connectivity index (χ0v) is 15.3. The first-order valence-electron chi connectivity index (χ1n) is 8.29. The Balaban J connectivity index is 1.82. The molecule has 0 saturated heterocycles. The number of carbonyl (C=O) groups is 1. The first kappa shape index (κ1) is 18.8. The van der Waals surface area contributed by atoms with E-state index in [9.17, 15) is 4.79 Å². The molecule has 0 heterocycles. The predicted octanol–water partition coefficient (Wildman–Crippen LogP) is 3.75. The highest BCUT2D eigenvalue weighted by Crippen LogP contribution is 2.19. The van der Waals surface area contributed by atoms with Gasteiger partial charge in [0.05, 0.1) is 23.5 Å². The Morgan fingerprint density at radius 1 is 1.12 bits per heavy atom. The van der Waals surface area contributed by atoms with Gasteiger partial charge in [0.15, 0.2) is 0 Å². The largest absolute Gasteiger partial charge is 0.375 e. The van der Waals surface area contributed by atoms with Gasteiger partial charge in [-0.25, -0.2) is 5.43 Å². The van der Waals surface area contributed by atoms with Crippen molar-refractivity contribution in [2.75, 3.05) is 29.9 Å². The quantitative estimate of drug-likeness (QED) is 0.558. The number of anilines is 2. The van der Waals surface area contributed by atoms with Crippen molar-refractivity contribution in [1.82, 2.24) is 5.43 Å². The second-order valence-corrected chi connectivity index (χ2v) is 5.80. The number of amides is 1. The van der Waals surface area contributed by atoms with Crippen molar-refractivity contribution in [1.29, 1.82) is 0 Å². The molecular weight excluding hydrogens is 336 g/mol. The van der Waals surface area contributed by atoms with E-state index < -0.39 is 0 Å². The molecule has 2 aromatic carbocycles. The van der Waals surface area contributed by atoms with Gasteiger partial charge in [-0.3, -0.25) is 4.79 Å². The number of hydrogen-bond acceptors (Lipinski definition) is 4. The average Bonchev–Trinajstić information content (AvgIpc) is 2.63. The molecule has 0 unspecified atom stereocenters. The van der Waals surface area contributed by atoms with Gasteiger partial charge in [0.25, 0.3) is 5.91 Å². The number of nitrogens with one attached hydrogen (secondary N) is 2. The molecule has 6 heteroatoms. The number of rotatable bonds is 8. The summed E-state index contributed by atoms with van der Waals surface area (Å²) >= 11 is 6.02. The van der Waals surface area contributed by atoms with Crippen LogP contribution in [0.5, 0.6) is 0 Å². The van der Waals surface area contributed by atoms with Crippen molar-refractivity contribution in [2.24, 2.45) is 5.10 Å². The van der Waals surface area contributed by atoms with Crippen LogP contribution in [0, 0.1) is 0 Å². The molecule has 5 nitrogen and oxygen atoms in total. The highest BCUT2D eigenvalue weighted by Gasteiger charge is 2.03. The molecule has 0 fully saturated rings. The Hall–Kier alpha value is -2.53. The van der Waals surface area contributed by atoms with Crippen LogP contribution < -0.4 is 15.6 Å². The zero-order chi connectivity index (χ0) is 18.1. The summed E-state index contributed by atoms with van der Waals surface area (Å²) in [6, 6.07) is 15.3.